The first-order valence-corrected chi connectivity index (χ1v) is 8.03. The van der Waals surface area contributed by atoms with Crippen LogP contribution in [0.4, 0.5) is 4.79 Å². The highest BCUT2D eigenvalue weighted by Gasteiger charge is 2.28. The van der Waals surface area contributed by atoms with Gasteiger partial charge in [-0.3, -0.25) is 4.79 Å². The quantitative estimate of drug-likeness (QED) is 0.856. The number of rotatable bonds is 5. The molecule has 1 heterocycles. The molecule has 0 radical (unpaired) electrons. The molecule has 0 aromatic heterocycles. The van der Waals surface area contributed by atoms with Gasteiger partial charge in [0, 0.05) is 24.7 Å². The third-order valence-electron chi connectivity index (χ3n) is 4.37. The van der Waals surface area contributed by atoms with E-state index in [-0.39, 0.29) is 17.9 Å². The number of carbonyl (C=O) groups is 2. The summed E-state index contributed by atoms with van der Waals surface area (Å²) in [5.74, 6) is 1.03. The van der Waals surface area contributed by atoms with E-state index in [0.29, 0.717) is 24.6 Å². The second-order valence-corrected chi connectivity index (χ2v) is 5.96. The van der Waals surface area contributed by atoms with E-state index in [1.165, 1.54) is 4.90 Å². The van der Waals surface area contributed by atoms with Crippen LogP contribution in [0.5, 0.6) is 11.5 Å². The van der Waals surface area contributed by atoms with Crippen molar-refractivity contribution in [2.45, 2.75) is 25.8 Å². The summed E-state index contributed by atoms with van der Waals surface area (Å²) < 4.78 is 10.6. The van der Waals surface area contributed by atoms with Crippen LogP contribution in [0, 0.1) is 5.92 Å². The molecule has 24 heavy (non-hydrogen) atoms. The van der Waals surface area contributed by atoms with Gasteiger partial charge in [-0.05, 0) is 31.9 Å². The van der Waals surface area contributed by atoms with Crippen LogP contribution in [-0.2, 0) is 4.79 Å². The van der Waals surface area contributed by atoms with Gasteiger partial charge in [-0.25, -0.2) is 4.79 Å². The number of nitrogens with one attached hydrogen (secondary N) is 1. The number of hydrogen-bond donors (Lipinski definition) is 2. The van der Waals surface area contributed by atoms with Gasteiger partial charge in [-0.15, -0.1) is 0 Å². The topological polar surface area (TPSA) is 93.9 Å². The molecule has 1 aliphatic heterocycles. The van der Waals surface area contributed by atoms with Gasteiger partial charge >= 0.3 is 6.03 Å². The number of benzene rings is 1. The van der Waals surface area contributed by atoms with Crippen molar-refractivity contribution in [3.8, 4) is 11.5 Å². The summed E-state index contributed by atoms with van der Waals surface area (Å²) in [6.07, 6.45) is 1.53. The summed E-state index contributed by atoms with van der Waals surface area (Å²) in [4.78, 5) is 25.3. The number of carbonyl (C=O) groups excluding carboxylic acids is 2. The number of hydrogen-bond acceptors (Lipinski definition) is 4. The van der Waals surface area contributed by atoms with E-state index in [2.05, 4.69) is 5.32 Å². The van der Waals surface area contributed by atoms with E-state index < -0.39 is 6.03 Å². The first-order chi connectivity index (χ1) is 11.5. The highest BCUT2D eigenvalue weighted by atomic mass is 16.5. The molecule has 0 spiro atoms. The molecule has 1 fully saturated rings. The van der Waals surface area contributed by atoms with Gasteiger partial charge in [-0.2, -0.15) is 0 Å². The van der Waals surface area contributed by atoms with Crippen LogP contribution in [0.15, 0.2) is 18.2 Å². The van der Waals surface area contributed by atoms with Crippen molar-refractivity contribution in [1.82, 2.24) is 10.2 Å². The summed E-state index contributed by atoms with van der Waals surface area (Å²) in [6, 6.07) is 4.79. The maximum Gasteiger partial charge on any atom is 0.314 e. The van der Waals surface area contributed by atoms with E-state index in [1.807, 2.05) is 19.1 Å². The Bertz CT molecular complexity index is 605. The lowest BCUT2D eigenvalue weighted by Crippen LogP contribution is -2.47. The largest absolute Gasteiger partial charge is 0.497 e. The minimum atomic E-state index is -0.475. The first kappa shape index (κ1) is 17.9. The van der Waals surface area contributed by atoms with Crippen LogP contribution in [0.25, 0.3) is 0 Å². The predicted octanol–water partition coefficient (Wildman–Crippen LogP) is 1.67. The Morgan fingerprint density at radius 3 is 2.71 bits per heavy atom. The second kappa shape index (κ2) is 7.90. The van der Waals surface area contributed by atoms with Crippen molar-refractivity contribution in [3.05, 3.63) is 23.8 Å². The van der Waals surface area contributed by atoms with E-state index >= 15 is 0 Å². The number of piperidine rings is 1. The third-order valence-corrected chi connectivity index (χ3v) is 4.37. The second-order valence-electron chi connectivity index (χ2n) is 5.96. The molecule has 0 aliphatic carbocycles. The molecule has 7 heteroatoms. The Labute approximate surface area is 142 Å². The van der Waals surface area contributed by atoms with Crippen LogP contribution < -0.4 is 20.5 Å². The Morgan fingerprint density at radius 2 is 2.08 bits per heavy atom. The summed E-state index contributed by atoms with van der Waals surface area (Å²) in [6.45, 7) is 2.88. The van der Waals surface area contributed by atoms with Crippen LogP contribution in [-0.4, -0.2) is 44.1 Å². The molecule has 2 rings (SSSR count). The van der Waals surface area contributed by atoms with E-state index in [4.69, 9.17) is 15.2 Å². The first-order valence-electron chi connectivity index (χ1n) is 8.03. The lowest BCUT2D eigenvalue weighted by atomic mass is 9.96. The van der Waals surface area contributed by atoms with Crippen molar-refractivity contribution in [2.75, 3.05) is 27.3 Å². The monoisotopic (exact) mass is 335 g/mol. The predicted molar refractivity (Wildman–Crippen MR) is 90.0 cm³/mol. The smallest absolute Gasteiger partial charge is 0.314 e. The molecule has 1 aliphatic rings. The number of methoxy groups -OCH3 is 2. The van der Waals surface area contributed by atoms with E-state index in [0.717, 1.165) is 18.4 Å². The molecule has 0 saturated carbocycles. The molecule has 1 aromatic rings. The average molecular weight is 335 g/mol. The molecule has 1 aromatic carbocycles. The molecule has 2 atom stereocenters. The third kappa shape index (κ3) is 4.10. The zero-order valence-electron chi connectivity index (χ0n) is 14.4. The molecule has 2 unspecified atom stereocenters. The number of nitrogens with zero attached hydrogens (tertiary/aromatic N) is 1. The Balaban J connectivity index is 2.04. The van der Waals surface area contributed by atoms with Crippen molar-refractivity contribution in [1.29, 1.82) is 0 Å². The van der Waals surface area contributed by atoms with Gasteiger partial charge in [0.2, 0.25) is 5.91 Å². The van der Waals surface area contributed by atoms with Gasteiger partial charge in [0.05, 0.1) is 26.2 Å². The fourth-order valence-electron chi connectivity index (χ4n) is 2.98. The van der Waals surface area contributed by atoms with Crippen molar-refractivity contribution < 1.29 is 19.1 Å². The van der Waals surface area contributed by atoms with Gasteiger partial charge in [0.25, 0.3) is 0 Å². The summed E-state index contributed by atoms with van der Waals surface area (Å²) in [7, 11) is 3.17. The fraction of sp³-hybridized carbons (Fsp3) is 0.529. The maximum atomic E-state index is 12.5. The fourth-order valence-corrected chi connectivity index (χ4v) is 2.98. The zero-order valence-corrected chi connectivity index (χ0v) is 14.4. The normalized spacial score (nSPS) is 18.6. The highest BCUT2D eigenvalue weighted by Crippen LogP contribution is 2.29. The van der Waals surface area contributed by atoms with Crippen molar-refractivity contribution in [3.63, 3.8) is 0 Å². The lowest BCUT2D eigenvalue weighted by Gasteiger charge is -2.31. The van der Waals surface area contributed by atoms with Crippen LogP contribution in [0.3, 0.4) is 0 Å². The number of ether oxygens (including phenoxy) is 2. The van der Waals surface area contributed by atoms with E-state index in [9.17, 15) is 9.59 Å². The lowest BCUT2D eigenvalue weighted by molar-refractivity contribution is -0.126. The van der Waals surface area contributed by atoms with Crippen LogP contribution in [0.1, 0.15) is 31.4 Å². The SMILES string of the molecule is COc1ccc(C(C)NC(=O)C2CCCN(C(N)=O)C2)c(OC)c1. The molecule has 7 nitrogen and oxygen atoms in total. The molecule has 1 saturated heterocycles. The number of urea groups is 1. The Hall–Kier alpha value is -2.44. The van der Waals surface area contributed by atoms with Crippen LogP contribution in [0.2, 0.25) is 0 Å². The molecular weight excluding hydrogens is 310 g/mol. The van der Waals surface area contributed by atoms with Crippen LogP contribution >= 0.6 is 0 Å². The standard InChI is InChI=1S/C17H25N3O4/c1-11(14-7-6-13(23-2)9-15(14)24-3)19-16(21)12-5-4-8-20(10-12)17(18)22/h6-7,9,11-12H,4-5,8,10H2,1-3H3,(H2,18,22)(H,19,21). The number of likely N-dealkylation sites (tertiary alicyclic amines) is 1. The summed E-state index contributed by atoms with van der Waals surface area (Å²) in [5, 5.41) is 3.00. The summed E-state index contributed by atoms with van der Waals surface area (Å²) in [5.41, 5.74) is 6.18. The summed E-state index contributed by atoms with van der Waals surface area (Å²) >= 11 is 0. The zero-order chi connectivity index (χ0) is 17.7. The average Bonchev–Trinajstić information content (AvgIpc) is 2.60. The van der Waals surface area contributed by atoms with Gasteiger partial charge in [-0.1, -0.05) is 0 Å². The van der Waals surface area contributed by atoms with Gasteiger partial charge in [0.1, 0.15) is 11.5 Å². The minimum Gasteiger partial charge on any atom is -0.497 e. The minimum absolute atomic E-state index is 0.0775. The van der Waals surface area contributed by atoms with E-state index in [1.54, 1.807) is 20.3 Å². The molecule has 0 bridgehead atoms. The highest BCUT2D eigenvalue weighted by molar-refractivity contribution is 5.81. The number of amides is 3. The Morgan fingerprint density at radius 1 is 1.33 bits per heavy atom. The molecule has 3 amide bonds. The number of primary amides is 1. The molecule has 132 valence electrons. The maximum absolute atomic E-state index is 12.5. The van der Waals surface area contributed by atoms with Gasteiger partial charge < -0.3 is 25.4 Å². The van der Waals surface area contributed by atoms with Gasteiger partial charge in [0.15, 0.2) is 0 Å². The number of nitrogens with two attached hydrogens (primary N) is 1. The Kier molecular flexibility index (Phi) is 5.89. The van der Waals surface area contributed by atoms with Crippen molar-refractivity contribution in [2.24, 2.45) is 11.7 Å². The molecule has 3 N–H and O–H groups in total. The molecular formula is C17H25N3O4. The van der Waals surface area contributed by atoms with Crippen molar-refractivity contribution >= 4 is 11.9 Å².